The largest absolute Gasteiger partial charge is 0.310 e. The van der Waals surface area contributed by atoms with Crippen LogP contribution >= 0.6 is 0 Å². The van der Waals surface area contributed by atoms with E-state index in [-0.39, 0.29) is 0 Å². The van der Waals surface area contributed by atoms with Gasteiger partial charge in [-0.2, -0.15) is 0 Å². The molecule has 4 heteroatoms. The smallest absolute Gasteiger partial charge is 0.164 e. The van der Waals surface area contributed by atoms with Crippen LogP contribution in [-0.4, -0.2) is 19.5 Å². The molecule has 0 N–H and O–H groups in total. The third kappa shape index (κ3) is 7.18. The first-order valence-corrected chi connectivity index (χ1v) is 20.1. The third-order valence-corrected chi connectivity index (χ3v) is 10.9. The van der Waals surface area contributed by atoms with Crippen LogP contribution < -0.4 is 0 Å². The molecule has 0 atom stereocenters. The van der Waals surface area contributed by atoms with E-state index >= 15 is 0 Å². The monoisotopic (exact) mass is 736 g/mol. The molecule has 0 saturated carbocycles. The molecule has 0 saturated heterocycles. The number of fused-ring (bicyclic) bond motifs is 3. The van der Waals surface area contributed by atoms with Gasteiger partial charge in [0.1, 0.15) is 0 Å². The second kappa shape index (κ2) is 16.1. The minimum Gasteiger partial charge on any atom is -0.310 e. The summed E-state index contributed by atoms with van der Waals surface area (Å²) in [6.45, 7) is 4.00. The molecule has 0 unspecified atom stereocenters. The average Bonchev–Trinajstić information content (AvgIpc) is 3.64. The molecule has 2 heterocycles. The van der Waals surface area contributed by atoms with Crippen molar-refractivity contribution in [3.63, 3.8) is 0 Å². The number of nitrogens with zero attached hydrogens (tertiary/aromatic N) is 4. The number of hydrogen-bond donors (Lipinski definition) is 0. The molecule has 2 aliphatic rings. The second-order valence-electron chi connectivity index (χ2n) is 14.3. The number of para-hydroxylation sites is 1. The fraction of sp³-hybridized carbons (Fsp3) is 0.113. The lowest BCUT2D eigenvalue weighted by Crippen LogP contribution is -2.03. The van der Waals surface area contributed by atoms with E-state index in [2.05, 4.69) is 126 Å². The molecule has 2 aromatic heterocycles. The van der Waals surface area contributed by atoms with E-state index in [0.29, 0.717) is 17.5 Å². The Hall–Kier alpha value is -6.91. The van der Waals surface area contributed by atoms with E-state index in [0.717, 1.165) is 59.2 Å². The van der Waals surface area contributed by atoms with Gasteiger partial charge in [-0.15, -0.1) is 0 Å². The van der Waals surface area contributed by atoms with Crippen molar-refractivity contribution in [2.45, 2.75) is 39.5 Å². The summed E-state index contributed by atoms with van der Waals surface area (Å²) in [4.78, 5) is 14.8. The third-order valence-electron chi connectivity index (χ3n) is 10.9. The van der Waals surface area contributed by atoms with Gasteiger partial charge >= 0.3 is 0 Å². The highest BCUT2D eigenvalue weighted by Gasteiger charge is 2.22. The van der Waals surface area contributed by atoms with Crippen LogP contribution in [0.5, 0.6) is 0 Å². The molecular formula is C53H44N4. The zero-order chi connectivity index (χ0) is 38.6. The van der Waals surface area contributed by atoms with E-state index in [1.165, 1.54) is 44.4 Å². The van der Waals surface area contributed by atoms with E-state index in [4.69, 9.17) is 15.0 Å². The van der Waals surface area contributed by atoms with Gasteiger partial charge in [0, 0.05) is 27.8 Å². The maximum atomic E-state index is 4.97. The zero-order valence-electron chi connectivity index (χ0n) is 32.4. The van der Waals surface area contributed by atoms with Crippen LogP contribution in [0.2, 0.25) is 0 Å². The van der Waals surface area contributed by atoms with Gasteiger partial charge < -0.3 is 4.57 Å². The Morgan fingerprint density at radius 3 is 1.68 bits per heavy atom. The topological polar surface area (TPSA) is 43.6 Å². The first-order chi connectivity index (χ1) is 28.2. The standard InChI is InChI=1S/C51H38N4.C2H6/c1-4-14-35(15-5-1)39-20-12-22-41(32-39)42-28-31-46-45-24-10-11-25-47(45)55(48(46)34-42)44-29-26-36(27-30-44)40-21-13-23-43(33-40)51-53-49(37-16-6-2-7-17-37)52-50(54-51)38-18-8-3-9-19-38;1-2/h1-4,6-14,16-27,29-30,32-34H,5,15,28,31H2;1-2H3. The van der Waals surface area contributed by atoms with Gasteiger partial charge in [-0.1, -0.05) is 159 Å². The minimum atomic E-state index is 0.650. The van der Waals surface area contributed by atoms with Gasteiger partial charge in [0.2, 0.25) is 0 Å². The maximum absolute atomic E-state index is 4.97. The number of rotatable bonds is 7. The van der Waals surface area contributed by atoms with Gasteiger partial charge in [-0.25, -0.2) is 15.0 Å². The molecule has 4 nitrogen and oxygen atoms in total. The summed E-state index contributed by atoms with van der Waals surface area (Å²) in [7, 11) is 0. The molecule has 57 heavy (non-hydrogen) atoms. The fourth-order valence-corrected chi connectivity index (χ4v) is 8.08. The zero-order valence-corrected chi connectivity index (χ0v) is 32.4. The highest BCUT2D eigenvalue weighted by atomic mass is 15.0. The molecule has 2 aliphatic carbocycles. The average molecular weight is 737 g/mol. The van der Waals surface area contributed by atoms with Crippen LogP contribution in [0.15, 0.2) is 176 Å². The van der Waals surface area contributed by atoms with Crippen LogP contribution in [0.3, 0.4) is 0 Å². The highest BCUT2D eigenvalue weighted by Crippen LogP contribution is 2.39. The van der Waals surface area contributed by atoms with Crippen LogP contribution in [0.1, 0.15) is 55.5 Å². The van der Waals surface area contributed by atoms with Crippen molar-refractivity contribution in [3.05, 3.63) is 198 Å². The van der Waals surface area contributed by atoms with Crippen LogP contribution in [-0.2, 0) is 6.42 Å². The Balaban J connectivity index is 0.00000208. The maximum Gasteiger partial charge on any atom is 0.164 e. The predicted octanol–water partition coefficient (Wildman–Crippen LogP) is 13.7. The van der Waals surface area contributed by atoms with Crippen LogP contribution in [0.25, 0.3) is 79.1 Å². The summed E-state index contributed by atoms with van der Waals surface area (Å²) in [5, 5.41) is 1.33. The second-order valence-corrected chi connectivity index (χ2v) is 14.3. The lowest BCUT2D eigenvalue weighted by Gasteiger charge is -2.18. The summed E-state index contributed by atoms with van der Waals surface area (Å²) < 4.78 is 2.45. The normalized spacial score (nSPS) is 13.3. The summed E-state index contributed by atoms with van der Waals surface area (Å²) >= 11 is 0. The predicted molar refractivity (Wildman–Crippen MR) is 239 cm³/mol. The summed E-state index contributed by atoms with van der Waals surface area (Å²) in [5.41, 5.74) is 15.7. The van der Waals surface area contributed by atoms with Gasteiger partial charge in [0.15, 0.2) is 17.5 Å². The molecule has 0 amide bonds. The van der Waals surface area contributed by atoms with Gasteiger partial charge in [-0.05, 0) is 101 Å². The lowest BCUT2D eigenvalue weighted by atomic mass is 9.88. The lowest BCUT2D eigenvalue weighted by molar-refractivity contribution is 0.980. The van der Waals surface area contributed by atoms with E-state index in [9.17, 15) is 0 Å². The van der Waals surface area contributed by atoms with Crippen molar-refractivity contribution in [2.75, 3.05) is 0 Å². The van der Waals surface area contributed by atoms with Crippen molar-refractivity contribution in [2.24, 2.45) is 0 Å². The Labute approximate surface area is 335 Å². The van der Waals surface area contributed by atoms with E-state index < -0.39 is 0 Å². The van der Waals surface area contributed by atoms with Crippen molar-refractivity contribution in [1.82, 2.24) is 19.5 Å². The first-order valence-electron chi connectivity index (χ1n) is 20.1. The van der Waals surface area contributed by atoms with E-state index in [1.54, 1.807) is 0 Å². The van der Waals surface area contributed by atoms with Crippen molar-refractivity contribution in [3.8, 4) is 51.0 Å². The minimum absolute atomic E-state index is 0.650. The molecule has 6 aromatic carbocycles. The highest BCUT2D eigenvalue weighted by molar-refractivity contribution is 5.96. The van der Waals surface area contributed by atoms with Gasteiger partial charge in [0.05, 0.1) is 11.2 Å². The van der Waals surface area contributed by atoms with Crippen LogP contribution in [0, 0.1) is 0 Å². The number of hydrogen-bond acceptors (Lipinski definition) is 3. The Morgan fingerprint density at radius 1 is 0.456 bits per heavy atom. The number of aryl methyl sites for hydroxylation is 1. The summed E-state index contributed by atoms with van der Waals surface area (Å²) in [6, 6.07) is 55.7. The van der Waals surface area contributed by atoms with E-state index in [1.807, 2.05) is 74.5 Å². The number of aromatic nitrogens is 4. The molecule has 0 aliphatic heterocycles. The molecule has 0 spiro atoms. The first kappa shape index (κ1) is 35.8. The molecule has 8 aromatic rings. The van der Waals surface area contributed by atoms with Crippen molar-refractivity contribution < 1.29 is 0 Å². The number of allylic oxidation sites excluding steroid dienone is 5. The molecule has 0 fully saturated rings. The molecule has 0 bridgehead atoms. The summed E-state index contributed by atoms with van der Waals surface area (Å²) in [5.74, 6) is 1.97. The molecule has 276 valence electrons. The van der Waals surface area contributed by atoms with Crippen LogP contribution in [0.4, 0.5) is 0 Å². The SMILES string of the molecule is C1=CCCC(c2cccc(C3=Cc4c(c5ccccc5n4-c4ccc(-c5cccc(-c6nc(-c7ccccc7)nc(-c7ccccc7)n6)c5)cc4)CC3)c2)=C1.CC. The molecule has 0 radical (unpaired) electrons. The Bertz CT molecular complexity index is 2730. The van der Waals surface area contributed by atoms with Gasteiger partial charge in [-0.3, -0.25) is 0 Å². The fourth-order valence-electron chi connectivity index (χ4n) is 8.08. The quantitative estimate of drug-likeness (QED) is 0.164. The molecule has 10 rings (SSSR count). The Morgan fingerprint density at radius 2 is 1.02 bits per heavy atom. The Kier molecular flexibility index (Phi) is 10.1. The summed E-state index contributed by atoms with van der Waals surface area (Å²) in [6.07, 6.45) is 13.4. The number of benzene rings is 6. The van der Waals surface area contributed by atoms with Crippen molar-refractivity contribution >= 4 is 28.1 Å². The van der Waals surface area contributed by atoms with Crippen molar-refractivity contribution in [1.29, 1.82) is 0 Å². The van der Waals surface area contributed by atoms with Gasteiger partial charge in [0.25, 0.3) is 0 Å². The molecular weight excluding hydrogens is 693 g/mol.